The molecule has 3 rings (SSSR count). The average Bonchev–Trinajstić information content (AvgIpc) is 3.18. The molecule has 112 valence electrons. The number of methoxy groups -OCH3 is 1. The molecule has 1 aliphatic heterocycles. The number of fused-ring (bicyclic) bond motifs is 1. The topological polar surface area (TPSA) is 34.5 Å². The largest absolute Gasteiger partial charge is 0.480 e. The summed E-state index contributed by atoms with van der Waals surface area (Å²) in [6.45, 7) is 1.27. The van der Waals surface area contributed by atoms with E-state index in [9.17, 15) is 17.6 Å². The summed E-state index contributed by atoms with van der Waals surface area (Å²) in [5, 5.41) is 0. The Morgan fingerprint density at radius 3 is 2.62 bits per heavy atom. The molecule has 2 aliphatic rings. The molecular formula is C14H12F4N2O. The van der Waals surface area contributed by atoms with Gasteiger partial charge in [-0.05, 0) is 19.4 Å². The summed E-state index contributed by atoms with van der Waals surface area (Å²) in [7, 11) is 1.03. The number of nitrogens with zero attached hydrogens (tertiary/aromatic N) is 2. The van der Waals surface area contributed by atoms with E-state index < -0.39 is 23.4 Å². The summed E-state index contributed by atoms with van der Waals surface area (Å²) in [5.74, 6) is -1.73. The van der Waals surface area contributed by atoms with Crippen LogP contribution in [0.2, 0.25) is 0 Å². The van der Waals surface area contributed by atoms with Crippen molar-refractivity contribution in [3.63, 3.8) is 0 Å². The fourth-order valence-electron chi connectivity index (χ4n) is 2.40. The lowest BCUT2D eigenvalue weighted by atomic mass is 10.0. The van der Waals surface area contributed by atoms with Gasteiger partial charge in [0.15, 0.2) is 5.56 Å². The van der Waals surface area contributed by atoms with Crippen molar-refractivity contribution in [3.05, 3.63) is 34.8 Å². The third-order valence-corrected chi connectivity index (χ3v) is 3.66. The maximum absolute atomic E-state index is 14.1. The van der Waals surface area contributed by atoms with E-state index in [1.54, 1.807) is 6.08 Å². The third kappa shape index (κ3) is 2.30. The van der Waals surface area contributed by atoms with Crippen LogP contribution in [0.5, 0.6) is 5.88 Å². The average molecular weight is 300 g/mol. The lowest BCUT2D eigenvalue weighted by Crippen LogP contribution is -2.17. The highest BCUT2D eigenvalue weighted by Gasteiger charge is 2.42. The van der Waals surface area contributed by atoms with Gasteiger partial charge in [0.25, 0.3) is 0 Å². The molecule has 1 aromatic heterocycles. The van der Waals surface area contributed by atoms with E-state index in [1.165, 1.54) is 6.92 Å². The molecule has 0 N–H and O–H groups in total. The van der Waals surface area contributed by atoms with Gasteiger partial charge in [0, 0.05) is 11.5 Å². The van der Waals surface area contributed by atoms with Crippen molar-refractivity contribution in [1.82, 2.24) is 4.98 Å². The Kier molecular flexibility index (Phi) is 3.04. The lowest BCUT2D eigenvalue weighted by Gasteiger charge is -2.16. The van der Waals surface area contributed by atoms with Crippen molar-refractivity contribution in [2.24, 2.45) is 10.9 Å². The number of hydrogen-bond acceptors (Lipinski definition) is 3. The minimum absolute atomic E-state index is 0.0963. The van der Waals surface area contributed by atoms with E-state index in [4.69, 9.17) is 0 Å². The van der Waals surface area contributed by atoms with Gasteiger partial charge in [-0.25, -0.2) is 9.37 Å². The minimum Gasteiger partial charge on any atom is -0.480 e. The van der Waals surface area contributed by atoms with Crippen molar-refractivity contribution >= 4 is 5.71 Å². The predicted octanol–water partition coefficient (Wildman–Crippen LogP) is 3.30. The number of dihydropyridines is 1. The van der Waals surface area contributed by atoms with Crippen molar-refractivity contribution in [2.45, 2.75) is 25.6 Å². The molecule has 1 aromatic rings. The van der Waals surface area contributed by atoms with Gasteiger partial charge in [-0.1, -0.05) is 6.08 Å². The van der Waals surface area contributed by atoms with Crippen LogP contribution in [0.25, 0.3) is 0 Å². The molecule has 21 heavy (non-hydrogen) atoms. The molecule has 2 heterocycles. The van der Waals surface area contributed by atoms with Crippen LogP contribution in [0, 0.1) is 18.7 Å². The van der Waals surface area contributed by atoms with Gasteiger partial charge in [0.2, 0.25) is 5.88 Å². The zero-order valence-electron chi connectivity index (χ0n) is 11.3. The molecule has 1 aliphatic carbocycles. The number of hydrogen-bond donors (Lipinski definition) is 0. The fraction of sp³-hybridized carbons (Fsp3) is 0.429. The zero-order valence-corrected chi connectivity index (χ0v) is 11.3. The summed E-state index contributed by atoms with van der Waals surface area (Å²) in [6, 6.07) is 0.141. The highest BCUT2D eigenvalue weighted by Crippen LogP contribution is 2.41. The second-order valence-electron chi connectivity index (χ2n) is 5.12. The molecule has 0 radical (unpaired) electrons. The molecule has 0 spiro atoms. The Balaban J connectivity index is 2.15. The van der Waals surface area contributed by atoms with E-state index >= 15 is 0 Å². The summed E-state index contributed by atoms with van der Waals surface area (Å²) in [4.78, 5) is 8.19. The number of pyridine rings is 1. The maximum atomic E-state index is 14.1. The standard InChI is InChI=1S/C14H12F4N2O/c1-6-11(15)10(14(16,17)18)13(21-2)20-12(6)8-4-3-7-5-9(7)19-8/h3-4,7,9H,5H2,1-2H3. The van der Waals surface area contributed by atoms with Crippen LogP contribution >= 0.6 is 0 Å². The Morgan fingerprint density at radius 1 is 1.33 bits per heavy atom. The van der Waals surface area contributed by atoms with Crippen LogP contribution in [0.4, 0.5) is 17.6 Å². The van der Waals surface area contributed by atoms with Crippen molar-refractivity contribution < 1.29 is 22.3 Å². The quantitative estimate of drug-likeness (QED) is 0.785. The van der Waals surface area contributed by atoms with Gasteiger partial charge in [-0.3, -0.25) is 4.99 Å². The predicted molar refractivity (Wildman–Crippen MR) is 68.1 cm³/mol. The SMILES string of the molecule is COc1nc(C2=NC3CC3C=C2)c(C)c(F)c1C(F)(F)F. The Bertz CT molecular complexity index is 664. The van der Waals surface area contributed by atoms with Gasteiger partial charge in [-0.15, -0.1) is 0 Å². The molecule has 0 bridgehead atoms. The van der Waals surface area contributed by atoms with Crippen molar-refractivity contribution in [2.75, 3.05) is 7.11 Å². The zero-order chi connectivity index (χ0) is 15.4. The van der Waals surface area contributed by atoms with E-state index in [2.05, 4.69) is 14.7 Å². The number of rotatable bonds is 2. The lowest BCUT2D eigenvalue weighted by molar-refractivity contribution is -0.141. The monoisotopic (exact) mass is 300 g/mol. The number of allylic oxidation sites excluding steroid dienone is 1. The molecule has 7 heteroatoms. The third-order valence-electron chi connectivity index (χ3n) is 3.66. The molecule has 1 saturated carbocycles. The molecular weight excluding hydrogens is 288 g/mol. The summed E-state index contributed by atoms with van der Waals surface area (Å²) >= 11 is 0. The first-order valence-electron chi connectivity index (χ1n) is 6.40. The van der Waals surface area contributed by atoms with Crippen LogP contribution in [-0.4, -0.2) is 23.8 Å². The van der Waals surface area contributed by atoms with Crippen molar-refractivity contribution in [3.8, 4) is 5.88 Å². The Hall–Kier alpha value is -1.92. The van der Waals surface area contributed by atoms with Gasteiger partial charge in [0.1, 0.15) is 5.82 Å². The maximum Gasteiger partial charge on any atom is 0.424 e. The highest BCUT2D eigenvalue weighted by atomic mass is 19.4. The second-order valence-corrected chi connectivity index (χ2v) is 5.12. The van der Waals surface area contributed by atoms with Crippen LogP contribution in [0.1, 0.15) is 23.2 Å². The van der Waals surface area contributed by atoms with Crippen LogP contribution in [0.15, 0.2) is 17.1 Å². The van der Waals surface area contributed by atoms with Gasteiger partial charge < -0.3 is 4.74 Å². The molecule has 0 saturated heterocycles. The van der Waals surface area contributed by atoms with Crippen LogP contribution < -0.4 is 4.74 Å². The van der Waals surface area contributed by atoms with Gasteiger partial charge in [-0.2, -0.15) is 13.2 Å². The first-order valence-corrected chi connectivity index (χ1v) is 6.40. The van der Waals surface area contributed by atoms with E-state index in [-0.39, 0.29) is 17.3 Å². The van der Waals surface area contributed by atoms with E-state index in [1.807, 2.05) is 6.08 Å². The Morgan fingerprint density at radius 2 is 2.05 bits per heavy atom. The number of aliphatic imine (C=N–C) groups is 1. The summed E-state index contributed by atoms with van der Waals surface area (Å²) < 4.78 is 57.5. The number of ether oxygens (including phenoxy) is 1. The first kappa shape index (κ1) is 14.0. The van der Waals surface area contributed by atoms with E-state index in [0.29, 0.717) is 11.6 Å². The van der Waals surface area contributed by atoms with Crippen LogP contribution in [-0.2, 0) is 6.18 Å². The smallest absolute Gasteiger partial charge is 0.424 e. The molecule has 2 atom stereocenters. The number of aromatic nitrogens is 1. The second kappa shape index (κ2) is 4.54. The first-order chi connectivity index (χ1) is 9.82. The molecule has 0 amide bonds. The highest BCUT2D eigenvalue weighted by molar-refractivity contribution is 6.09. The number of halogens is 4. The number of alkyl halides is 3. The summed E-state index contributed by atoms with van der Waals surface area (Å²) in [5.41, 5.74) is -1.15. The molecule has 1 fully saturated rings. The summed E-state index contributed by atoms with van der Waals surface area (Å²) in [6.07, 6.45) is -0.345. The molecule has 3 nitrogen and oxygen atoms in total. The van der Waals surface area contributed by atoms with Crippen LogP contribution in [0.3, 0.4) is 0 Å². The molecule has 0 aromatic carbocycles. The van der Waals surface area contributed by atoms with Crippen molar-refractivity contribution in [1.29, 1.82) is 0 Å². The fourth-order valence-corrected chi connectivity index (χ4v) is 2.40. The Labute approximate surface area is 118 Å². The van der Waals surface area contributed by atoms with E-state index in [0.717, 1.165) is 13.5 Å². The van der Waals surface area contributed by atoms with Gasteiger partial charge >= 0.3 is 6.18 Å². The minimum atomic E-state index is -4.86. The van der Waals surface area contributed by atoms with Gasteiger partial charge in [0.05, 0.1) is 24.6 Å². The molecule has 2 unspecified atom stereocenters. The normalized spacial score (nSPS) is 23.6.